The minimum absolute atomic E-state index is 0.170. The first-order chi connectivity index (χ1) is 13.5. The van der Waals surface area contributed by atoms with Gasteiger partial charge in [0, 0.05) is 11.4 Å². The quantitative estimate of drug-likeness (QED) is 0.403. The number of nitrogens with one attached hydrogen (secondary N) is 1. The van der Waals surface area contributed by atoms with Crippen LogP contribution in [0.15, 0.2) is 63.6 Å². The number of hydrogen-bond donors (Lipinski definition) is 3. The fraction of sp³-hybridized carbons (Fsp3) is 0.318. The summed E-state index contributed by atoms with van der Waals surface area (Å²) in [6.07, 6.45) is 2.65. The van der Waals surface area contributed by atoms with E-state index in [1.807, 2.05) is 30.3 Å². The summed E-state index contributed by atoms with van der Waals surface area (Å²) in [7, 11) is 0. The van der Waals surface area contributed by atoms with E-state index in [0.717, 1.165) is 17.9 Å². The predicted octanol–water partition coefficient (Wildman–Crippen LogP) is 5.69. The van der Waals surface area contributed by atoms with Gasteiger partial charge in [0.2, 0.25) is 0 Å². The van der Waals surface area contributed by atoms with E-state index in [4.69, 9.17) is 8.83 Å². The van der Waals surface area contributed by atoms with E-state index in [1.165, 1.54) is 5.56 Å². The van der Waals surface area contributed by atoms with Crippen LogP contribution < -0.4 is 5.32 Å². The van der Waals surface area contributed by atoms with Crippen LogP contribution in [0.2, 0.25) is 0 Å². The molecule has 3 aromatic rings. The first kappa shape index (κ1) is 20.1. The number of carboxylic acid groups (broad SMARTS) is 1. The lowest BCUT2D eigenvalue weighted by Crippen LogP contribution is -2.20. The first-order valence-electron chi connectivity index (χ1n) is 9.36. The van der Waals surface area contributed by atoms with Crippen LogP contribution in [0.3, 0.4) is 0 Å². The molecular formula is C22H25NO4S. The highest BCUT2D eigenvalue weighted by atomic mass is 32.1. The Balaban J connectivity index is 1.79. The molecule has 3 unspecified atom stereocenters. The molecule has 0 radical (unpaired) electrons. The normalized spacial score (nSPS) is 14.4. The van der Waals surface area contributed by atoms with Gasteiger partial charge in [0.05, 0.1) is 12.2 Å². The van der Waals surface area contributed by atoms with Crippen LogP contribution in [-0.4, -0.2) is 16.8 Å². The maximum Gasteiger partial charge on any atom is 0.334 e. The third-order valence-corrected chi connectivity index (χ3v) is 5.36. The lowest BCUT2D eigenvalue weighted by atomic mass is 9.98. The van der Waals surface area contributed by atoms with Crippen LogP contribution in [0.4, 0.5) is 5.69 Å². The number of hydrogen-bond acceptors (Lipinski definition) is 5. The third-order valence-electron chi connectivity index (χ3n) is 4.99. The Morgan fingerprint density at radius 3 is 2.39 bits per heavy atom. The summed E-state index contributed by atoms with van der Waals surface area (Å²) in [5, 5.41) is 12.7. The van der Waals surface area contributed by atoms with Crippen LogP contribution in [0.5, 0.6) is 0 Å². The van der Waals surface area contributed by atoms with Gasteiger partial charge in [-0.2, -0.15) is 12.6 Å². The molecule has 0 aliphatic heterocycles. The van der Waals surface area contributed by atoms with Gasteiger partial charge in [-0.25, -0.2) is 4.79 Å². The Bertz CT molecular complexity index is 886. The monoisotopic (exact) mass is 399 g/mol. The fourth-order valence-corrected chi connectivity index (χ4v) is 3.45. The Labute approximate surface area is 170 Å². The zero-order valence-corrected chi connectivity index (χ0v) is 16.9. The van der Waals surface area contributed by atoms with Gasteiger partial charge in [0.15, 0.2) is 6.04 Å². The number of rotatable bonds is 9. The van der Waals surface area contributed by atoms with E-state index in [-0.39, 0.29) is 5.92 Å². The Morgan fingerprint density at radius 2 is 1.82 bits per heavy atom. The SMILES string of the molecule is CCC(C)c1ccc(NC(C(=O)O)c2ccc(C(CS)c3ccco3)o2)cc1. The minimum atomic E-state index is -1.01. The van der Waals surface area contributed by atoms with E-state index in [2.05, 4.69) is 31.8 Å². The summed E-state index contributed by atoms with van der Waals surface area (Å²) < 4.78 is 11.3. The van der Waals surface area contributed by atoms with Gasteiger partial charge in [-0.05, 0) is 54.3 Å². The second-order valence-electron chi connectivity index (χ2n) is 6.84. The molecule has 28 heavy (non-hydrogen) atoms. The van der Waals surface area contributed by atoms with Crippen molar-refractivity contribution in [2.45, 2.75) is 38.1 Å². The largest absolute Gasteiger partial charge is 0.479 e. The van der Waals surface area contributed by atoms with Crippen molar-refractivity contribution in [1.29, 1.82) is 0 Å². The molecule has 0 amide bonds. The molecule has 2 N–H and O–H groups in total. The van der Waals surface area contributed by atoms with E-state index in [1.54, 1.807) is 24.5 Å². The lowest BCUT2D eigenvalue weighted by molar-refractivity contribution is -0.138. The van der Waals surface area contributed by atoms with Crippen LogP contribution >= 0.6 is 12.6 Å². The van der Waals surface area contributed by atoms with Crippen molar-refractivity contribution in [2.24, 2.45) is 0 Å². The Kier molecular flexibility index (Phi) is 6.52. The summed E-state index contributed by atoms with van der Waals surface area (Å²) in [4.78, 5) is 11.8. The fourth-order valence-electron chi connectivity index (χ4n) is 3.09. The summed E-state index contributed by atoms with van der Waals surface area (Å²) in [6, 6.07) is 14.0. The highest BCUT2D eigenvalue weighted by molar-refractivity contribution is 7.80. The zero-order valence-electron chi connectivity index (χ0n) is 16.0. The predicted molar refractivity (Wildman–Crippen MR) is 112 cm³/mol. The standard InChI is InChI=1S/C22H25NO4S/c1-3-14(2)15-6-8-16(9-7-15)23-21(22(24)25)20-11-10-19(27-20)17(13-28)18-5-4-12-26-18/h4-12,14,17,21,23,28H,3,13H2,1-2H3,(H,24,25). The number of aliphatic carboxylic acids is 1. The second-order valence-corrected chi connectivity index (χ2v) is 7.20. The van der Waals surface area contributed by atoms with Gasteiger partial charge in [-0.15, -0.1) is 0 Å². The summed E-state index contributed by atoms with van der Waals surface area (Å²) in [5.41, 5.74) is 1.96. The molecule has 0 aliphatic carbocycles. The number of carbonyl (C=O) groups is 1. The van der Waals surface area contributed by atoms with Crippen LogP contribution in [0.25, 0.3) is 0 Å². The molecule has 3 atom stereocenters. The van der Waals surface area contributed by atoms with E-state index >= 15 is 0 Å². The smallest absolute Gasteiger partial charge is 0.334 e. The summed E-state index contributed by atoms with van der Waals surface area (Å²) in [5.74, 6) is 1.48. The number of thiol groups is 1. The van der Waals surface area contributed by atoms with Crippen LogP contribution in [0.1, 0.15) is 61.0 Å². The lowest BCUT2D eigenvalue weighted by Gasteiger charge is -2.16. The molecule has 5 nitrogen and oxygen atoms in total. The van der Waals surface area contributed by atoms with Gasteiger partial charge in [0.25, 0.3) is 0 Å². The van der Waals surface area contributed by atoms with Crippen molar-refractivity contribution in [3.8, 4) is 0 Å². The summed E-state index contributed by atoms with van der Waals surface area (Å²) in [6.45, 7) is 4.32. The van der Waals surface area contributed by atoms with Crippen molar-refractivity contribution >= 4 is 24.3 Å². The van der Waals surface area contributed by atoms with Gasteiger partial charge < -0.3 is 19.3 Å². The molecule has 0 saturated carbocycles. The second kappa shape index (κ2) is 9.06. The Morgan fingerprint density at radius 1 is 1.11 bits per heavy atom. The average molecular weight is 400 g/mol. The summed E-state index contributed by atoms with van der Waals surface area (Å²) >= 11 is 4.38. The molecular weight excluding hydrogens is 374 g/mol. The molecule has 6 heteroatoms. The molecule has 1 aromatic carbocycles. The van der Waals surface area contributed by atoms with Crippen LogP contribution in [-0.2, 0) is 4.79 Å². The van der Waals surface area contributed by atoms with Gasteiger partial charge >= 0.3 is 5.97 Å². The van der Waals surface area contributed by atoms with Crippen molar-refractivity contribution < 1.29 is 18.7 Å². The van der Waals surface area contributed by atoms with E-state index < -0.39 is 12.0 Å². The van der Waals surface area contributed by atoms with Crippen molar-refractivity contribution in [3.63, 3.8) is 0 Å². The molecule has 3 rings (SSSR count). The van der Waals surface area contributed by atoms with Crippen molar-refractivity contribution in [2.75, 3.05) is 11.1 Å². The molecule has 0 aliphatic rings. The van der Waals surface area contributed by atoms with Gasteiger partial charge in [-0.1, -0.05) is 26.0 Å². The highest BCUT2D eigenvalue weighted by Gasteiger charge is 2.26. The van der Waals surface area contributed by atoms with Crippen molar-refractivity contribution in [3.05, 3.63) is 77.6 Å². The topological polar surface area (TPSA) is 75.6 Å². The number of anilines is 1. The molecule has 0 saturated heterocycles. The third kappa shape index (κ3) is 4.44. The molecule has 2 aromatic heterocycles. The number of carboxylic acids is 1. The molecule has 0 bridgehead atoms. The minimum Gasteiger partial charge on any atom is -0.479 e. The van der Waals surface area contributed by atoms with Crippen LogP contribution in [0, 0.1) is 0 Å². The van der Waals surface area contributed by atoms with E-state index in [0.29, 0.717) is 23.2 Å². The maximum atomic E-state index is 11.8. The average Bonchev–Trinajstić information content (AvgIpc) is 3.39. The van der Waals surface area contributed by atoms with E-state index in [9.17, 15) is 9.90 Å². The number of benzene rings is 1. The zero-order chi connectivity index (χ0) is 20.1. The Hall–Kier alpha value is -2.60. The maximum absolute atomic E-state index is 11.8. The molecule has 148 valence electrons. The molecule has 0 spiro atoms. The molecule has 0 fully saturated rings. The van der Waals surface area contributed by atoms with Crippen molar-refractivity contribution in [1.82, 2.24) is 0 Å². The highest BCUT2D eigenvalue weighted by Crippen LogP contribution is 2.31. The van der Waals surface area contributed by atoms with Gasteiger partial charge in [0.1, 0.15) is 17.3 Å². The van der Waals surface area contributed by atoms with Gasteiger partial charge in [-0.3, -0.25) is 0 Å². The molecule has 2 heterocycles. The number of furan rings is 2. The first-order valence-corrected chi connectivity index (χ1v) is 9.99.